The highest BCUT2D eigenvalue weighted by molar-refractivity contribution is 7.70. The van der Waals surface area contributed by atoms with Gasteiger partial charge < -0.3 is 39.1 Å². The van der Waals surface area contributed by atoms with Gasteiger partial charge in [0.1, 0.15) is 18.3 Å². The van der Waals surface area contributed by atoms with E-state index in [2.05, 4.69) is 38.1 Å². The van der Waals surface area contributed by atoms with Crippen molar-refractivity contribution in [1.82, 2.24) is 19.5 Å². The van der Waals surface area contributed by atoms with Crippen LogP contribution in [0.15, 0.2) is 30.6 Å². The maximum Gasteiger partial charge on any atom is 0.340 e. The Morgan fingerprint density at radius 1 is 1.07 bits per heavy atom. The molecule has 4 heterocycles. The zero-order chi connectivity index (χ0) is 29.9. The van der Waals surface area contributed by atoms with Crippen LogP contribution in [0.3, 0.4) is 0 Å². The van der Waals surface area contributed by atoms with Crippen LogP contribution in [-0.2, 0) is 30.4 Å². The van der Waals surface area contributed by atoms with Crippen molar-refractivity contribution < 1.29 is 43.3 Å². The third-order valence-electron chi connectivity index (χ3n) is 8.34. The number of fused-ring (bicyclic) bond motifs is 3. The Balaban J connectivity index is 1.29. The second kappa shape index (κ2) is 11.2. The van der Waals surface area contributed by atoms with Gasteiger partial charge in [0.2, 0.25) is 5.28 Å². The van der Waals surface area contributed by atoms with E-state index in [1.807, 2.05) is 6.07 Å². The van der Waals surface area contributed by atoms with Crippen molar-refractivity contribution in [3.05, 3.63) is 47.0 Å². The molecule has 1 saturated heterocycles. The van der Waals surface area contributed by atoms with Crippen LogP contribution in [0.1, 0.15) is 49.5 Å². The van der Waals surface area contributed by atoms with Gasteiger partial charge >= 0.3 is 15.2 Å². The molecule has 0 radical (unpaired) electrons. The van der Waals surface area contributed by atoms with Crippen LogP contribution >= 0.6 is 26.8 Å². The molecule has 3 aromatic rings. The Bertz CT molecular complexity index is 1580. The number of aliphatic hydroxyl groups excluding tert-OH is 2. The number of benzene rings is 1. The average Bonchev–Trinajstić information content (AvgIpc) is 3.46. The van der Waals surface area contributed by atoms with E-state index >= 15 is 0 Å². The second-order valence-electron chi connectivity index (χ2n) is 11.3. The lowest BCUT2D eigenvalue weighted by Gasteiger charge is -2.47. The van der Waals surface area contributed by atoms with Gasteiger partial charge in [0.15, 0.2) is 29.1 Å². The first-order chi connectivity index (χ1) is 19.9. The van der Waals surface area contributed by atoms with Crippen LogP contribution < -0.4 is 4.90 Å². The van der Waals surface area contributed by atoms with Gasteiger partial charge in [-0.15, -0.1) is 0 Å². The van der Waals surface area contributed by atoms with E-state index < -0.39 is 52.2 Å². The van der Waals surface area contributed by atoms with E-state index in [9.17, 15) is 24.2 Å². The van der Waals surface area contributed by atoms with E-state index in [1.54, 1.807) is 0 Å². The number of imidazole rings is 1. The molecule has 1 aromatic carbocycles. The topological polar surface area (TPSA) is 201 Å². The fraction of sp³-hybridized carbons (Fsp3) is 0.560. The van der Waals surface area contributed by atoms with Crippen LogP contribution in [0.2, 0.25) is 5.28 Å². The maximum atomic E-state index is 12.1. The molecule has 0 bridgehead atoms. The van der Waals surface area contributed by atoms with E-state index in [-0.39, 0.29) is 16.3 Å². The largest absolute Gasteiger partial charge is 0.387 e. The molecular weight excluding hydrogens is 612 g/mol. The van der Waals surface area contributed by atoms with Gasteiger partial charge in [0, 0.05) is 18.5 Å². The fourth-order valence-electron chi connectivity index (χ4n) is 6.54. The van der Waals surface area contributed by atoms with Crippen molar-refractivity contribution in [2.24, 2.45) is 0 Å². The first-order valence-corrected chi connectivity index (χ1v) is 17.6. The molecule has 6 rings (SSSR count). The molecule has 0 amide bonds. The van der Waals surface area contributed by atoms with Gasteiger partial charge in [-0.3, -0.25) is 13.7 Å². The number of anilines is 1. The van der Waals surface area contributed by atoms with Crippen molar-refractivity contribution in [3.8, 4) is 0 Å². The van der Waals surface area contributed by atoms with Gasteiger partial charge in [-0.2, -0.15) is 9.97 Å². The molecule has 14 nitrogen and oxygen atoms in total. The van der Waals surface area contributed by atoms with Gasteiger partial charge in [-0.1, -0.05) is 43.5 Å². The van der Waals surface area contributed by atoms with Crippen molar-refractivity contribution >= 4 is 43.8 Å². The number of aliphatic hydroxyl groups is 2. The predicted molar refractivity (Wildman–Crippen MR) is 151 cm³/mol. The highest BCUT2D eigenvalue weighted by atomic mass is 35.5. The molecule has 2 aliphatic heterocycles. The van der Waals surface area contributed by atoms with Crippen LogP contribution in [0, 0.1) is 0 Å². The number of hydrogen-bond donors (Lipinski definition) is 5. The SMILES string of the molecule is O=P(O)(O)CP(=O)(O)OCC1OC(n2cnc3c(N4Cc5ccccc5C5(CCCCC5)C4)nc(Cl)nc32)C(O)C1O. The highest BCUT2D eigenvalue weighted by Gasteiger charge is 2.46. The molecule has 228 valence electrons. The predicted octanol–water partition coefficient (Wildman–Crippen LogP) is 2.66. The zero-order valence-electron chi connectivity index (χ0n) is 22.4. The Hall–Kier alpha value is -1.96. The Morgan fingerprint density at radius 2 is 1.81 bits per heavy atom. The number of nitrogens with zero attached hydrogens (tertiary/aromatic N) is 5. The van der Waals surface area contributed by atoms with E-state index in [1.165, 1.54) is 28.4 Å². The number of ether oxygens (including phenoxy) is 1. The second-order valence-corrected chi connectivity index (χ2v) is 15.6. The molecule has 5 N–H and O–H groups in total. The lowest BCUT2D eigenvalue weighted by Crippen LogP contribution is -2.47. The lowest BCUT2D eigenvalue weighted by atomic mass is 9.66. The fourth-order valence-corrected chi connectivity index (χ4v) is 9.27. The van der Waals surface area contributed by atoms with Crippen LogP contribution in [0.4, 0.5) is 5.82 Å². The van der Waals surface area contributed by atoms with Gasteiger partial charge in [0.05, 0.1) is 12.9 Å². The zero-order valence-corrected chi connectivity index (χ0v) is 25.0. The Kier molecular flexibility index (Phi) is 8.02. The summed E-state index contributed by atoms with van der Waals surface area (Å²) >= 11 is 6.42. The molecule has 17 heteroatoms. The summed E-state index contributed by atoms with van der Waals surface area (Å²) in [7, 11) is -9.54. The van der Waals surface area contributed by atoms with E-state index in [0.29, 0.717) is 17.9 Å². The highest BCUT2D eigenvalue weighted by Crippen LogP contribution is 2.55. The quantitative estimate of drug-likeness (QED) is 0.186. The molecule has 3 aliphatic rings. The summed E-state index contributed by atoms with van der Waals surface area (Å²) in [5.41, 5.74) is 3.26. The van der Waals surface area contributed by atoms with Gasteiger partial charge in [-0.25, -0.2) is 4.98 Å². The summed E-state index contributed by atoms with van der Waals surface area (Å²) < 4.78 is 35.2. The molecule has 1 saturated carbocycles. The minimum absolute atomic E-state index is 0.0204. The first kappa shape index (κ1) is 30.1. The molecular formula is C25H32ClN5O9P2. The number of hydrogen-bond acceptors (Lipinski definition) is 10. The van der Waals surface area contributed by atoms with Crippen molar-refractivity contribution in [1.29, 1.82) is 0 Å². The van der Waals surface area contributed by atoms with Crippen LogP contribution in [-0.4, -0.2) is 81.8 Å². The van der Waals surface area contributed by atoms with E-state index in [4.69, 9.17) is 30.6 Å². The van der Waals surface area contributed by atoms with Gasteiger partial charge in [-0.05, 0) is 35.6 Å². The molecule has 1 aliphatic carbocycles. The minimum atomic E-state index is -4.84. The summed E-state index contributed by atoms with van der Waals surface area (Å²) in [6.45, 7) is 0.630. The molecule has 5 atom stereocenters. The van der Waals surface area contributed by atoms with E-state index in [0.717, 1.165) is 32.2 Å². The maximum absolute atomic E-state index is 12.1. The van der Waals surface area contributed by atoms with Crippen LogP contribution in [0.5, 0.6) is 0 Å². The summed E-state index contributed by atoms with van der Waals surface area (Å²) in [5.74, 6) is -0.851. The number of rotatable bonds is 7. The summed E-state index contributed by atoms with van der Waals surface area (Å²) in [6, 6.07) is 8.47. The third-order valence-corrected chi connectivity index (χ3v) is 12.0. The average molecular weight is 644 g/mol. The van der Waals surface area contributed by atoms with Crippen LogP contribution in [0.25, 0.3) is 11.2 Å². The van der Waals surface area contributed by atoms with Crippen molar-refractivity contribution in [3.63, 3.8) is 0 Å². The molecule has 42 heavy (non-hydrogen) atoms. The molecule has 2 fully saturated rings. The number of aromatic nitrogens is 4. The summed E-state index contributed by atoms with van der Waals surface area (Å²) in [4.78, 5) is 43.4. The standard InChI is InChI=1S/C25H32ClN5O9P2/c26-24-28-21(30-10-15-6-2-3-7-16(15)25(12-30)8-4-1-5-9-25)18-22(29-24)31(13-27-18)23-20(33)19(32)17(40-23)11-39-42(37,38)14-41(34,35)36/h2-3,6-7,13,17,19-20,23,32-33H,1,4-5,8-12,14H2,(H,37,38)(H2,34,35,36). The molecule has 2 aromatic heterocycles. The third kappa shape index (κ3) is 5.78. The first-order valence-electron chi connectivity index (χ1n) is 13.6. The Labute approximate surface area is 246 Å². The van der Waals surface area contributed by atoms with Crippen molar-refractivity contribution in [2.45, 2.75) is 68.6 Å². The minimum Gasteiger partial charge on any atom is -0.387 e. The molecule has 5 unspecified atom stereocenters. The Morgan fingerprint density at radius 3 is 2.55 bits per heavy atom. The normalized spacial score (nSPS) is 27.3. The molecule has 1 spiro atoms. The monoisotopic (exact) mass is 643 g/mol. The lowest BCUT2D eigenvalue weighted by molar-refractivity contribution is -0.0483. The smallest absolute Gasteiger partial charge is 0.340 e. The summed E-state index contributed by atoms with van der Waals surface area (Å²) in [6.07, 6.45) is 1.44. The number of halogens is 1. The van der Waals surface area contributed by atoms with Crippen molar-refractivity contribution in [2.75, 3.05) is 24.0 Å². The summed E-state index contributed by atoms with van der Waals surface area (Å²) in [5, 5.41) is 21.4. The van der Waals surface area contributed by atoms with Gasteiger partial charge in [0.25, 0.3) is 0 Å².